The third-order valence-corrected chi connectivity index (χ3v) is 0.236. The topological polar surface area (TPSA) is 21.5 Å². The molecule has 1 N–H and O–H groups in total. The van der Waals surface area contributed by atoms with E-state index in [1.165, 1.54) is 0 Å². The fourth-order valence-corrected chi connectivity index (χ4v) is 0. The Labute approximate surface area is 55.7 Å². The van der Waals surface area contributed by atoms with Crippen LogP contribution < -0.4 is 29.7 Å². The van der Waals surface area contributed by atoms with E-state index in [1.807, 2.05) is 0 Å². The highest BCUT2D eigenvalue weighted by atomic mass is 35.5. The lowest BCUT2D eigenvalue weighted by molar-refractivity contribution is -0.764. The van der Waals surface area contributed by atoms with E-state index < -0.39 is 0 Å². The Morgan fingerprint density at radius 1 is 1.29 bits per heavy atom. The van der Waals surface area contributed by atoms with Crippen LogP contribution in [0.15, 0.2) is 0 Å². The normalized spacial score (nSPS) is 6.14. The number of carbonyl (C=O) groups excluding carboxylic acids is 1. The van der Waals surface area contributed by atoms with Crippen LogP contribution in [0.25, 0.3) is 0 Å². The summed E-state index contributed by atoms with van der Waals surface area (Å²) in [6, 6.07) is 0. The first-order valence-electron chi connectivity index (χ1n) is 1.52. The Morgan fingerprint density at radius 3 is 1.43 bits per heavy atom. The highest BCUT2D eigenvalue weighted by molar-refractivity contribution is 5.32. The standard InChI is InChI=1S/C3H7NO.2ClH/c1-4(2)3-5;;/h3H,1-2H3;2*1H/p-1. The fraction of sp³-hybridized carbons (Fsp3) is 0.667. The Kier molecular flexibility index (Phi) is 21.3. The minimum Gasteiger partial charge on any atom is -1.00 e. The van der Waals surface area contributed by atoms with Crippen molar-refractivity contribution >= 4 is 6.41 Å². The van der Waals surface area contributed by atoms with E-state index in [2.05, 4.69) is 0 Å². The summed E-state index contributed by atoms with van der Waals surface area (Å²) in [5.41, 5.74) is 0. The van der Waals surface area contributed by atoms with Crippen LogP contribution in [-0.4, -0.2) is 20.5 Å². The predicted molar refractivity (Wildman–Crippen MR) is 18.9 cm³/mol. The van der Waals surface area contributed by atoms with Gasteiger partial charge in [-0.2, -0.15) is 0 Å². The van der Waals surface area contributed by atoms with E-state index in [9.17, 15) is 4.79 Å². The molecule has 0 spiro atoms. The molecule has 0 unspecified atom stereocenters. The zero-order valence-electron chi connectivity index (χ0n) is 4.24. The summed E-state index contributed by atoms with van der Waals surface area (Å²) in [7, 11) is 3.54. The zero-order valence-corrected chi connectivity index (χ0v) is 5.75. The van der Waals surface area contributed by atoms with Crippen LogP contribution in [0.1, 0.15) is 0 Å². The summed E-state index contributed by atoms with van der Waals surface area (Å²) in [5.74, 6) is 0. The first-order valence-corrected chi connectivity index (χ1v) is 1.52. The maximum absolute atomic E-state index is 9.47. The van der Waals surface area contributed by atoms with Crippen molar-refractivity contribution in [2.24, 2.45) is 0 Å². The molecule has 0 radical (unpaired) electrons. The molecule has 2 nitrogen and oxygen atoms in total. The zero-order chi connectivity index (χ0) is 4.28. The van der Waals surface area contributed by atoms with Crippen molar-refractivity contribution < 1.29 is 34.5 Å². The first kappa shape index (κ1) is 15.7. The largest absolute Gasteiger partial charge is 1.00 e. The molecule has 0 bridgehead atoms. The van der Waals surface area contributed by atoms with Crippen LogP contribution in [0.2, 0.25) is 0 Å². The van der Waals surface area contributed by atoms with Crippen LogP contribution in [0.3, 0.4) is 0 Å². The molecule has 4 heteroatoms. The lowest BCUT2D eigenvalue weighted by Gasteiger charge is -1.86. The van der Waals surface area contributed by atoms with Gasteiger partial charge in [-0.05, 0) is 0 Å². The Hall–Kier alpha value is 0.210. The molecule has 0 fully saturated rings. The van der Waals surface area contributed by atoms with E-state index in [1.54, 1.807) is 14.1 Å². The van der Waals surface area contributed by atoms with E-state index in [-0.39, 0.29) is 24.8 Å². The van der Waals surface area contributed by atoms with Crippen molar-refractivity contribution in [2.75, 3.05) is 14.1 Å². The molecular formula is C3H8Cl2NO-. The van der Waals surface area contributed by atoms with Gasteiger partial charge in [-0.3, -0.25) is 4.90 Å². The minimum atomic E-state index is 0. The smallest absolute Gasteiger partial charge is 0.299 e. The van der Waals surface area contributed by atoms with Crippen molar-refractivity contribution in [3.8, 4) is 0 Å². The Balaban J connectivity index is -0.0000000800. The number of carbonyl (C=O) groups is 1. The Bertz CT molecular complexity index is 39.9. The summed E-state index contributed by atoms with van der Waals surface area (Å²) in [6.45, 7) is 0. The highest BCUT2D eigenvalue weighted by Crippen LogP contribution is 0.979. The van der Waals surface area contributed by atoms with E-state index in [0.717, 1.165) is 11.3 Å². The number of quaternary nitrogens is 1. The van der Waals surface area contributed by atoms with Gasteiger partial charge in [0.25, 0.3) is 6.41 Å². The molecule has 1 amide bonds. The average molecular weight is 145 g/mol. The molecule has 0 aliphatic rings. The van der Waals surface area contributed by atoms with Gasteiger partial charge in [0.05, 0.1) is 14.1 Å². The van der Waals surface area contributed by atoms with Crippen molar-refractivity contribution in [1.29, 1.82) is 0 Å². The highest BCUT2D eigenvalue weighted by Gasteiger charge is 1.75. The number of hydrogen-bond donors (Lipinski definition) is 1. The third kappa shape index (κ3) is 22.5. The monoisotopic (exact) mass is 144 g/mol. The van der Waals surface area contributed by atoms with Crippen LogP contribution >= 0.6 is 0 Å². The van der Waals surface area contributed by atoms with Crippen LogP contribution in [0.5, 0.6) is 0 Å². The van der Waals surface area contributed by atoms with Gasteiger partial charge in [-0.1, -0.05) is 0 Å². The summed E-state index contributed by atoms with van der Waals surface area (Å²) in [5, 5.41) is 0. The molecule has 0 saturated heterocycles. The molecule has 0 aliphatic heterocycles. The molecule has 0 aromatic carbocycles. The van der Waals surface area contributed by atoms with Gasteiger partial charge in [0.1, 0.15) is 0 Å². The molecule has 0 saturated carbocycles. The van der Waals surface area contributed by atoms with Gasteiger partial charge in [-0.15, -0.1) is 0 Å². The Morgan fingerprint density at radius 2 is 1.43 bits per heavy atom. The lowest BCUT2D eigenvalue weighted by atomic mass is 11.0. The number of nitrogens with one attached hydrogen (secondary N) is 1. The number of hydrogen-bond acceptors (Lipinski definition) is 1. The lowest BCUT2D eigenvalue weighted by Crippen LogP contribution is -3.04. The van der Waals surface area contributed by atoms with Gasteiger partial charge in [0.2, 0.25) is 0 Å². The van der Waals surface area contributed by atoms with Gasteiger partial charge in [0, 0.05) is 0 Å². The molecule has 0 atom stereocenters. The van der Waals surface area contributed by atoms with E-state index in [4.69, 9.17) is 0 Å². The van der Waals surface area contributed by atoms with Gasteiger partial charge in [0.15, 0.2) is 0 Å². The maximum atomic E-state index is 9.47. The molecule has 0 rings (SSSR count). The molecule has 0 aliphatic carbocycles. The maximum Gasteiger partial charge on any atom is 0.299 e. The summed E-state index contributed by atoms with van der Waals surface area (Å²) < 4.78 is 0. The van der Waals surface area contributed by atoms with Crippen molar-refractivity contribution in [3.63, 3.8) is 0 Å². The van der Waals surface area contributed by atoms with Crippen LogP contribution in [0, 0.1) is 0 Å². The molecular weight excluding hydrogens is 137 g/mol. The second-order valence-corrected chi connectivity index (χ2v) is 1.20. The van der Waals surface area contributed by atoms with Gasteiger partial charge < -0.3 is 24.8 Å². The molecule has 7 heavy (non-hydrogen) atoms. The van der Waals surface area contributed by atoms with E-state index in [0.29, 0.717) is 0 Å². The van der Waals surface area contributed by atoms with Crippen molar-refractivity contribution in [3.05, 3.63) is 0 Å². The van der Waals surface area contributed by atoms with Crippen molar-refractivity contribution in [1.82, 2.24) is 0 Å². The molecule has 0 aromatic heterocycles. The summed E-state index contributed by atoms with van der Waals surface area (Å²) >= 11 is 0. The summed E-state index contributed by atoms with van der Waals surface area (Å²) in [4.78, 5) is 10.3. The fourth-order valence-electron chi connectivity index (χ4n) is 0. The predicted octanol–water partition coefficient (Wildman–Crippen LogP) is -7.70. The van der Waals surface area contributed by atoms with E-state index >= 15 is 0 Å². The molecule has 46 valence electrons. The number of amides is 1. The second-order valence-electron chi connectivity index (χ2n) is 1.20. The SMILES string of the molecule is C[NH+](C)C=O.[Cl-].[Cl-]. The molecule has 0 heterocycles. The van der Waals surface area contributed by atoms with Crippen LogP contribution in [-0.2, 0) is 4.79 Å². The quantitative estimate of drug-likeness (QED) is 0.363. The number of halogens is 2. The second kappa shape index (κ2) is 9.51. The first-order chi connectivity index (χ1) is 2.27. The van der Waals surface area contributed by atoms with Crippen LogP contribution in [0.4, 0.5) is 0 Å². The number of rotatable bonds is 1. The molecule has 0 aromatic rings. The van der Waals surface area contributed by atoms with Gasteiger partial charge >= 0.3 is 0 Å². The minimum absolute atomic E-state index is 0. The summed E-state index contributed by atoms with van der Waals surface area (Å²) in [6.07, 6.45) is 0.833. The third-order valence-electron chi connectivity index (χ3n) is 0.236. The van der Waals surface area contributed by atoms with Gasteiger partial charge in [-0.25, -0.2) is 4.79 Å². The van der Waals surface area contributed by atoms with Crippen molar-refractivity contribution in [2.45, 2.75) is 0 Å². The average Bonchev–Trinajstić information content (AvgIpc) is 1.38.